The van der Waals surface area contributed by atoms with Crippen molar-refractivity contribution in [2.75, 3.05) is 11.4 Å². The van der Waals surface area contributed by atoms with Crippen LogP contribution >= 0.6 is 0 Å². The summed E-state index contributed by atoms with van der Waals surface area (Å²) >= 11 is 0. The number of carbonyl (C=O) groups is 2. The smallest absolute Gasteiger partial charge is 0.306 e. The van der Waals surface area contributed by atoms with E-state index in [4.69, 9.17) is 5.11 Å². The average Bonchev–Trinajstić information content (AvgIpc) is 2.72. The lowest BCUT2D eigenvalue weighted by Gasteiger charge is -2.18. The van der Waals surface area contributed by atoms with E-state index in [1.165, 1.54) is 0 Å². The Bertz CT molecular complexity index is 456. The van der Waals surface area contributed by atoms with Gasteiger partial charge in [-0.05, 0) is 18.1 Å². The first-order chi connectivity index (χ1) is 8.09. The molecule has 0 radical (unpaired) electrons. The lowest BCUT2D eigenvalue weighted by molar-refractivity contribution is -0.143. The maximum absolute atomic E-state index is 12.0. The summed E-state index contributed by atoms with van der Waals surface area (Å²) < 4.78 is 0. The topological polar surface area (TPSA) is 57.6 Å². The molecule has 1 aliphatic heterocycles. The number of hydrogen-bond acceptors (Lipinski definition) is 2. The number of anilines is 1. The van der Waals surface area contributed by atoms with Crippen LogP contribution in [0.15, 0.2) is 24.3 Å². The number of rotatable bonds is 3. The van der Waals surface area contributed by atoms with E-state index in [1.54, 1.807) is 11.8 Å². The first-order valence-corrected chi connectivity index (χ1v) is 5.70. The standard InChI is InChI=1S/C13H15NO3/c1-9(13(16)17)8-12(15)14-7-6-10-4-2-3-5-11(10)14/h2-5,9H,6-8H2,1H3,(H,16,17). The maximum Gasteiger partial charge on any atom is 0.306 e. The van der Waals surface area contributed by atoms with Gasteiger partial charge in [0.2, 0.25) is 5.91 Å². The van der Waals surface area contributed by atoms with E-state index in [2.05, 4.69) is 0 Å². The van der Waals surface area contributed by atoms with Gasteiger partial charge in [0.1, 0.15) is 0 Å². The van der Waals surface area contributed by atoms with Gasteiger partial charge in [-0.3, -0.25) is 9.59 Å². The summed E-state index contributed by atoms with van der Waals surface area (Å²) in [5, 5.41) is 8.80. The fourth-order valence-corrected chi connectivity index (χ4v) is 2.06. The van der Waals surface area contributed by atoms with Crippen molar-refractivity contribution in [2.24, 2.45) is 5.92 Å². The van der Waals surface area contributed by atoms with Crippen molar-refractivity contribution in [1.29, 1.82) is 0 Å². The number of aliphatic carboxylic acids is 1. The van der Waals surface area contributed by atoms with Gasteiger partial charge in [-0.2, -0.15) is 0 Å². The Balaban J connectivity index is 2.10. The molecule has 0 fully saturated rings. The van der Waals surface area contributed by atoms with E-state index in [0.717, 1.165) is 17.7 Å². The first kappa shape index (κ1) is 11.6. The van der Waals surface area contributed by atoms with Crippen molar-refractivity contribution >= 4 is 17.6 Å². The van der Waals surface area contributed by atoms with Crippen molar-refractivity contribution < 1.29 is 14.7 Å². The molecule has 1 N–H and O–H groups in total. The van der Waals surface area contributed by atoms with Crippen LogP contribution in [-0.4, -0.2) is 23.5 Å². The quantitative estimate of drug-likeness (QED) is 0.864. The van der Waals surface area contributed by atoms with Gasteiger partial charge in [-0.15, -0.1) is 0 Å². The fourth-order valence-electron chi connectivity index (χ4n) is 2.06. The molecule has 17 heavy (non-hydrogen) atoms. The second-order valence-corrected chi connectivity index (χ2v) is 4.37. The van der Waals surface area contributed by atoms with Gasteiger partial charge in [-0.25, -0.2) is 0 Å². The number of benzene rings is 1. The predicted molar refractivity (Wildman–Crippen MR) is 63.9 cm³/mol. The highest BCUT2D eigenvalue weighted by molar-refractivity contribution is 5.97. The molecule has 0 aromatic heterocycles. The molecular weight excluding hydrogens is 218 g/mol. The minimum absolute atomic E-state index is 0.0592. The lowest BCUT2D eigenvalue weighted by Crippen LogP contribution is -2.31. The maximum atomic E-state index is 12.0. The number of para-hydroxylation sites is 1. The molecule has 4 nitrogen and oxygen atoms in total. The number of hydrogen-bond donors (Lipinski definition) is 1. The zero-order chi connectivity index (χ0) is 12.4. The molecule has 2 rings (SSSR count). The van der Waals surface area contributed by atoms with E-state index in [0.29, 0.717) is 6.54 Å². The molecule has 0 aliphatic carbocycles. The first-order valence-electron chi connectivity index (χ1n) is 5.70. The molecule has 1 aliphatic rings. The molecule has 0 saturated carbocycles. The van der Waals surface area contributed by atoms with E-state index in [1.807, 2.05) is 24.3 Å². The van der Waals surface area contributed by atoms with E-state index in [9.17, 15) is 9.59 Å². The summed E-state index contributed by atoms with van der Waals surface area (Å²) in [5.74, 6) is -1.66. The number of carbonyl (C=O) groups excluding carboxylic acids is 1. The summed E-state index contributed by atoms with van der Waals surface area (Å²) in [6, 6.07) is 7.76. The van der Waals surface area contributed by atoms with Crippen LogP contribution in [0.2, 0.25) is 0 Å². The van der Waals surface area contributed by atoms with Gasteiger partial charge in [0.15, 0.2) is 0 Å². The van der Waals surface area contributed by atoms with Crippen LogP contribution in [0.4, 0.5) is 5.69 Å². The Kier molecular flexibility index (Phi) is 3.13. The summed E-state index contributed by atoms with van der Waals surface area (Å²) in [6.45, 7) is 2.22. The largest absolute Gasteiger partial charge is 0.481 e. The highest BCUT2D eigenvalue weighted by atomic mass is 16.4. The normalized spacial score (nSPS) is 15.5. The Morgan fingerprint density at radius 3 is 2.82 bits per heavy atom. The summed E-state index contributed by atoms with van der Waals surface area (Å²) in [7, 11) is 0. The van der Waals surface area contributed by atoms with Crippen LogP contribution in [0.5, 0.6) is 0 Å². The Labute approximate surface area is 99.9 Å². The highest BCUT2D eigenvalue weighted by Gasteiger charge is 2.26. The van der Waals surface area contributed by atoms with E-state index < -0.39 is 11.9 Å². The van der Waals surface area contributed by atoms with Crippen molar-refractivity contribution in [1.82, 2.24) is 0 Å². The van der Waals surface area contributed by atoms with Gasteiger partial charge in [-0.1, -0.05) is 25.1 Å². The number of carboxylic acids is 1. The monoisotopic (exact) mass is 233 g/mol. The third kappa shape index (κ3) is 2.30. The molecule has 1 atom stereocenters. The van der Waals surface area contributed by atoms with Crippen LogP contribution in [0.1, 0.15) is 18.9 Å². The molecule has 1 aromatic carbocycles. The van der Waals surface area contributed by atoms with Gasteiger partial charge < -0.3 is 10.0 Å². The molecule has 0 saturated heterocycles. The third-order valence-corrected chi connectivity index (χ3v) is 3.09. The molecule has 4 heteroatoms. The van der Waals surface area contributed by atoms with Crippen molar-refractivity contribution in [3.63, 3.8) is 0 Å². The molecule has 1 amide bonds. The molecular formula is C13H15NO3. The molecule has 0 spiro atoms. The van der Waals surface area contributed by atoms with Gasteiger partial charge >= 0.3 is 5.97 Å². The Morgan fingerprint density at radius 2 is 2.12 bits per heavy atom. The number of fused-ring (bicyclic) bond motifs is 1. The minimum atomic E-state index is -0.925. The van der Waals surface area contributed by atoms with Gasteiger partial charge in [0.25, 0.3) is 0 Å². The molecule has 1 aromatic rings. The number of amides is 1. The van der Waals surface area contributed by atoms with Crippen LogP contribution < -0.4 is 4.90 Å². The predicted octanol–water partition coefficient (Wildman–Crippen LogP) is 1.69. The molecule has 0 bridgehead atoms. The second-order valence-electron chi connectivity index (χ2n) is 4.37. The van der Waals surface area contributed by atoms with Crippen molar-refractivity contribution in [2.45, 2.75) is 19.8 Å². The molecule has 1 unspecified atom stereocenters. The summed E-state index contributed by atoms with van der Waals surface area (Å²) in [6.07, 6.45) is 0.910. The average molecular weight is 233 g/mol. The molecule has 90 valence electrons. The van der Waals surface area contributed by atoms with Crippen LogP contribution in [-0.2, 0) is 16.0 Å². The zero-order valence-corrected chi connectivity index (χ0v) is 9.72. The lowest BCUT2D eigenvalue weighted by atomic mass is 10.1. The van der Waals surface area contributed by atoms with Crippen LogP contribution in [0.25, 0.3) is 0 Å². The number of nitrogens with zero attached hydrogens (tertiary/aromatic N) is 1. The Morgan fingerprint density at radius 1 is 1.41 bits per heavy atom. The number of carboxylic acid groups (broad SMARTS) is 1. The SMILES string of the molecule is CC(CC(=O)N1CCc2ccccc21)C(=O)O. The van der Waals surface area contributed by atoms with Crippen LogP contribution in [0, 0.1) is 5.92 Å². The fraction of sp³-hybridized carbons (Fsp3) is 0.385. The van der Waals surface area contributed by atoms with Gasteiger partial charge in [0.05, 0.1) is 5.92 Å². The third-order valence-electron chi connectivity index (χ3n) is 3.09. The zero-order valence-electron chi connectivity index (χ0n) is 9.72. The highest BCUT2D eigenvalue weighted by Crippen LogP contribution is 2.28. The minimum Gasteiger partial charge on any atom is -0.481 e. The summed E-state index contributed by atoms with van der Waals surface area (Å²) in [5.41, 5.74) is 2.08. The Hall–Kier alpha value is -1.84. The van der Waals surface area contributed by atoms with E-state index in [-0.39, 0.29) is 12.3 Å². The van der Waals surface area contributed by atoms with Crippen molar-refractivity contribution in [3.05, 3.63) is 29.8 Å². The van der Waals surface area contributed by atoms with E-state index >= 15 is 0 Å². The van der Waals surface area contributed by atoms with Gasteiger partial charge in [0, 0.05) is 18.7 Å². The summed E-state index contributed by atoms with van der Waals surface area (Å²) in [4.78, 5) is 24.4. The molecule has 1 heterocycles. The van der Waals surface area contributed by atoms with Crippen LogP contribution in [0.3, 0.4) is 0 Å². The van der Waals surface area contributed by atoms with Crippen molar-refractivity contribution in [3.8, 4) is 0 Å². The second kappa shape index (κ2) is 4.57.